The molecular weight excluding hydrogens is 335 g/mol. The number of hydrogen-bond donors (Lipinski definition) is 2. The number of aromatic nitrogens is 3. The lowest BCUT2D eigenvalue weighted by Crippen LogP contribution is -2.26. The predicted molar refractivity (Wildman–Crippen MR) is 95.7 cm³/mol. The second kappa shape index (κ2) is 6.72. The standard InChI is InChI=1S/C18H19FN6O/c1-26-23-18(20)15-11-21-16-7-8-17(22-25(15)16)24-9-3-6-14(24)12-4-2-5-13(19)10-12/h2,4-5,7-8,10-11,14H,3,6,9H2,1H3,(H2,20,23). The highest BCUT2D eigenvalue weighted by atomic mass is 19.1. The number of rotatable bonds is 4. The van der Waals surface area contributed by atoms with Gasteiger partial charge in [0, 0.05) is 6.54 Å². The summed E-state index contributed by atoms with van der Waals surface area (Å²) in [6.45, 7) is 0.845. The van der Waals surface area contributed by atoms with E-state index in [1.807, 2.05) is 18.2 Å². The first-order valence-electron chi connectivity index (χ1n) is 8.42. The first-order chi connectivity index (χ1) is 12.7. The average molecular weight is 354 g/mol. The fourth-order valence-corrected chi connectivity index (χ4v) is 3.44. The summed E-state index contributed by atoms with van der Waals surface area (Å²) >= 11 is 0. The van der Waals surface area contributed by atoms with E-state index in [-0.39, 0.29) is 17.7 Å². The molecule has 0 amide bonds. The van der Waals surface area contributed by atoms with Gasteiger partial charge in [0.25, 0.3) is 0 Å². The SMILES string of the molecule is CONC(=N)c1cnc2ccc(N3CCCC3c3cccc(F)c3)nn12. The first kappa shape index (κ1) is 16.5. The van der Waals surface area contributed by atoms with E-state index in [1.165, 1.54) is 13.2 Å². The number of amidine groups is 1. The van der Waals surface area contributed by atoms with Gasteiger partial charge in [0.2, 0.25) is 0 Å². The maximum atomic E-state index is 13.6. The number of imidazole rings is 1. The van der Waals surface area contributed by atoms with Crippen molar-refractivity contribution < 1.29 is 9.23 Å². The molecule has 1 aliphatic heterocycles. The molecule has 26 heavy (non-hydrogen) atoms. The van der Waals surface area contributed by atoms with Gasteiger partial charge >= 0.3 is 0 Å². The van der Waals surface area contributed by atoms with Crippen LogP contribution in [0.4, 0.5) is 10.2 Å². The van der Waals surface area contributed by atoms with Crippen molar-refractivity contribution in [1.82, 2.24) is 20.1 Å². The lowest BCUT2D eigenvalue weighted by Gasteiger charge is -2.26. The van der Waals surface area contributed by atoms with E-state index >= 15 is 0 Å². The highest BCUT2D eigenvalue weighted by molar-refractivity contribution is 5.94. The zero-order chi connectivity index (χ0) is 18.1. The number of hydrogen-bond acceptors (Lipinski definition) is 5. The molecule has 0 bridgehead atoms. The van der Waals surface area contributed by atoms with Crippen LogP contribution in [0.1, 0.15) is 30.1 Å². The van der Waals surface area contributed by atoms with Crippen molar-refractivity contribution in [3.8, 4) is 0 Å². The molecule has 4 rings (SSSR count). The lowest BCUT2D eigenvalue weighted by molar-refractivity contribution is 0.144. The Bertz CT molecular complexity index is 956. The summed E-state index contributed by atoms with van der Waals surface area (Å²) < 4.78 is 15.3. The van der Waals surface area contributed by atoms with Gasteiger partial charge in [0.15, 0.2) is 11.5 Å². The molecule has 1 saturated heterocycles. The molecule has 1 fully saturated rings. The van der Waals surface area contributed by atoms with Crippen molar-refractivity contribution in [2.24, 2.45) is 0 Å². The van der Waals surface area contributed by atoms with Crippen LogP contribution >= 0.6 is 0 Å². The van der Waals surface area contributed by atoms with E-state index in [0.717, 1.165) is 30.8 Å². The molecule has 0 spiro atoms. The van der Waals surface area contributed by atoms with Crippen molar-refractivity contribution in [1.29, 1.82) is 5.41 Å². The Morgan fingerprint density at radius 3 is 3.04 bits per heavy atom. The summed E-state index contributed by atoms with van der Waals surface area (Å²) in [7, 11) is 1.45. The third-order valence-corrected chi connectivity index (χ3v) is 4.59. The summed E-state index contributed by atoms with van der Waals surface area (Å²) in [6, 6.07) is 10.6. The molecule has 0 aliphatic carbocycles. The van der Waals surface area contributed by atoms with Crippen LogP contribution in [-0.4, -0.2) is 34.1 Å². The Morgan fingerprint density at radius 2 is 2.23 bits per heavy atom. The number of hydroxylamine groups is 1. The molecule has 0 saturated carbocycles. The number of anilines is 1. The van der Waals surface area contributed by atoms with Gasteiger partial charge in [0.1, 0.15) is 17.3 Å². The van der Waals surface area contributed by atoms with E-state index in [2.05, 4.69) is 20.5 Å². The van der Waals surface area contributed by atoms with Crippen LogP contribution in [0.15, 0.2) is 42.6 Å². The van der Waals surface area contributed by atoms with Crippen molar-refractivity contribution in [3.05, 3.63) is 59.7 Å². The summed E-state index contributed by atoms with van der Waals surface area (Å²) in [5.41, 5.74) is 4.60. The second-order valence-corrected chi connectivity index (χ2v) is 6.19. The van der Waals surface area contributed by atoms with Crippen molar-refractivity contribution >= 4 is 17.3 Å². The Morgan fingerprint density at radius 1 is 1.35 bits per heavy atom. The third-order valence-electron chi connectivity index (χ3n) is 4.59. The van der Waals surface area contributed by atoms with Gasteiger partial charge in [-0.05, 0) is 42.7 Å². The van der Waals surface area contributed by atoms with Gasteiger partial charge in [0.05, 0.1) is 19.3 Å². The van der Waals surface area contributed by atoms with Gasteiger partial charge in [-0.25, -0.2) is 19.4 Å². The van der Waals surface area contributed by atoms with E-state index in [1.54, 1.807) is 22.8 Å². The average Bonchev–Trinajstić information content (AvgIpc) is 3.28. The molecular formula is C18H19FN6O. The van der Waals surface area contributed by atoms with Crippen LogP contribution < -0.4 is 10.4 Å². The van der Waals surface area contributed by atoms with Crippen LogP contribution in [-0.2, 0) is 4.84 Å². The minimum absolute atomic E-state index is 0.0766. The highest BCUT2D eigenvalue weighted by Gasteiger charge is 2.28. The van der Waals surface area contributed by atoms with E-state index in [0.29, 0.717) is 11.3 Å². The van der Waals surface area contributed by atoms with Crippen LogP contribution in [0, 0.1) is 11.2 Å². The van der Waals surface area contributed by atoms with Gasteiger partial charge < -0.3 is 4.90 Å². The minimum Gasteiger partial charge on any atom is -0.348 e. The van der Waals surface area contributed by atoms with Crippen LogP contribution in [0.2, 0.25) is 0 Å². The summed E-state index contributed by atoms with van der Waals surface area (Å²) in [5.74, 6) is 0.621. The lowest BCUT2D eigenvalue weighted by atomic mass is 10.0. The van der Waals surface area contributed by atoms with E-state index in [4.69, 9.17) is 10.2 Å². The minimum atomic E-state index is -0.228. The molecule has 0 radical (unpaired) electrons. The highest BCUT2D eigenvalue weighted by Crippen LogP contribution is 2.35. The monoisotopic (exact) mass is 354 g/mol. The fourth-order valence-electron chi connectivity index (χ4n) is 3.44. The molecule has 3 heterocycles. The predicted octanol–water partition coefficient (Wildman–Crippen LogP) is 2.69. The molecule has 134 valence electrons. The fraction of sp³-hybridized carbons (Fsp3) is 0.278. The Balaban J connectivity index is 1.71. The third kappa shape index (κ3) is 2.88. The summed E-state index contributed by atoms with van der Waals surface area (Å²) in [6.07, 6.45) is 3.54. The number of nitrogens with one attached hydrogen (secondary N) is 2. The maximum Gasteiger partial charge on any atom is 0.170 e. The van der Waals surface area contributed by atoms with Crippen molar-refractivity contribution in [2.45, 2.75) is 18.9 Å². The normalized spacial score (nSPS) is 17.0. The Hall–Kier alpha value is -3.00. The number of halogens is 1. The van der Waals surface area contributed by atoms with E-state index < -0.39 is 0 Å². The Kier molecular flexibility index (Phi) is 4.26. The molecule has 1 unspecified atom stereocenters. The molecule has 3 aromatic rings. The zero-order valence-corrected chi connectivity index (χ0v) is 14.3. The maximum absolute atomic E-state index is 13.6. The molecule has 8 heteroatoms. The molecule has 1 atom stereocenters. The van der Waals surface area contributed by atoms with Gasteiger partial charge in [-0.3, -0.25) is 10.2 Å². The summed E-state index contributed by atoms with van der Waals surface area (Å²) in [4.78, 5) is 11.2. The molecule has 2 aromatic heterocycles. The van der Waals surface area contributed by atoms with Crippen LogP contribution in [0.3, 0.4) is 0 Å². The van der Waals surface area contributed by atoms with Gasteiger partial charge in [-0.2, -0.15) is 0 Å². The smallest absolute Gasteiger partial charge is 0.170 e. The number of fused-ring (bicyclic) bond motifs is 1. The topological polar surface area (TPSA) is 78.5 Å². The van der Waals surface area contributed by atoms with Gasteiger partial charge in [-0.15, -0.1) is 5.10 Å². The largest absolute Gasteiger partial charge is 0.348 e. The first-order valence-corrected chi connectivity index (χ1v) is 8.42. The quantitative estimate of drug-likeness (QED) is 0.428. The van der Waals surface area contributed by atoms with Crippen LogP contribution in [0.5, 0.6) is 0 Å². The van der Waals surface area contributed by atoms with Crippen molar-refractivity contribution in [3.63, 3.8) is 0 Å². The van der Waals surface area contributed by atoms with Gasteiger partial charge in [-0.1, -0.05) is 12.1 Å². The number of nitrogens with zero attached hydrogens (tertiary/aromatic N) is 4. The molecule has 7 nitrogen and oxygen atoms in total. The Labute approximate surface area is 149 Å². The van der Waals surface area contributed by atoms with E-state index in [9.17, 15) is 4.39 Å². The molecule has 2 N–H and O–H groups in total. The second-order valence-electron chi connectivity index (χ2n) is 6.19. The zero-order valence-electron chi connectivity index (χ0n) is 14.3. The molecule has 1 aliphatic rings. The van der Waals surface area contributed by atoms with Crippen molar-refractivity contribution in [2.75, 3.05) is 18.6 Å². The van der Waals surface area contributed by atoms with Crippen LogP contribution in [0.25, 0.3) is 5.65 Å². The number of benzene rings is 1. The summed E-state index contributed by atoms with van der Waals surface area (Å²) in [5, 5.41) is 12.7. The molecule has 1 aromatic carbocycles.